The minimum Gasteiger partial charge on any atom is -0.497 e. The van der Waals surface area contributed by atoms with Gasteiger partial charge in [0.25, 0.3) is 0 Å². The molecule has 6 nitrogen and oxygen atoms in total. The minimum atomic E-state index is -0.268. The smallest absolute Gasteiger partial charge is 0.244 e. The number of carbonyl (C=O) groups excluding carboxylic acids is 2. The Kier molecular flexibility index (Phi) is 6.39. The summed E-state index contributed by atoms with van der Waals surface area (Å²) in [5.74, 6) is 0.940. The molecule has 2 aromatic rings. The number of benzene rings is 2. The van der Waals surface area contributed by atoms with E-state index in [1.165, 1.54) is 11.8 Å². The highest BCUT2D eigenvalue weighted by Crippen LogP contribution is 2.19. The van der Waals surface area contributed by atoms with Crippen molar-refractivity contribution in [2.24, 2.45) is 0 Å². The van der Waals surface area contributed by atoms with Crippen molar-refractivity contribution in [3.05, 3.63) is 54.1 Å². The van der Waals surface area contributed by atoms with Crippen LogP contribution in [0.3, 0.4) is 0 Å². The molecule has 25 heavy (non-hydrogen) atoms. The van der Waals surface area contributed by atoms with Crippen LogP contribution in [0.5, 0.6) is 11.5 Å². The van der Waals surface area contributed by atoms with Crippen molar-refractivity contribution in [2.75, 3.05) is 26.1 Å². The number of hydrogen-bond donors (Lipinski definition) is 1. The highest BCUT2D eigenvalue weighted by Gasteiger charge is 2.16. The van der Waals surface area contributed by atoms with Gasteiger partial charge in [-0.25, -0.2) is 0 Å². The van der Waals surface area contributed by atoms with Crippen LogP contribution < -0.4 is 14.8 Å². The van der Waals surface area contributed by atoms with Crippen LogP contribution >= 0.6 is 0 Å². The molecule has 1 N–H and O–H groups in total. The zero-order valence-electron chi connectivity index (χ0n) is 14.6. The number of nitrogens with one attached hydrogen (secondary N) is 1. The molecule has 0 radical (unpaired) electrons. The molecular weight excluding hydrogens is 320 g/mol. The molecule has 0 spiro atoms. The summed E-state index contributed by atoms with van der Waals surface area (Å²) in [5, 5.41) is 2.77. The molecule has 2 rings (SSSR count). The van der Waals surface area contributed by atoms with Crippen molar-refractivity contribution >= 4 is 17.5 Å². The number of carbonyl (C=O) groups is 2. The fourth-order valence-electron chi connectivity index (χ4n) is 2.37. The first-order valence-electron chi connectivity index (χ1n) is 7.84. The third-order valence-corrected chi connectivity index (χ3v) is 3.71. The van der Waals surface area contributed by atoms with Gasteiger partial charge in [0.15, 0.2) is 0 Å². The van der Waals surface area contributed by atoms with Gasteiger partial charge in [-0.3, -0.25) is 9.59 Å². The zero-order valence-corrected chi connectivity index (χ0v) is 14.6. The van der Waals surface area contributed by atoms with Crippen LogP contribution in [0.15, 0.2) is 48.5 Å². The first kappa shape index (κ1) is 18.3. The number of ether oxygens (including phenoxy) is 2. The molecule has 2 aromatic carbocycles. The first-order valence-corrected chi connectivity index (χ1v) is 7.84. The molecule has 0 bridgehead atoms. The molecular formula is C19H22N2O4. The molecule has 0 unspecified atom stereocenters. The highest BCUT2D eigenvalue weighted by molar-refractivity contribution is 5.94. The highest BCUT2D eigenvalue weighted by atomic mass is 16.5. The van der Waals surface area contributed by atoms with Crippen molar-refractivity contribution in [2.45, 2.75) is 13.5 Å². The third-order valence-electron chi connectivity index (χ3n) is 3.71. The van der Waals surface area contributed by atoms with Gasteiger partial charge in [-0.05, 0) is 30.3 Å². The van der Waals surface area contributed by atoms with E-state index in [0.29, 0.717) is 23.7 Å². The Morgan fingerprint density at radius 1 is 1.00 bits per heavy atom. The van der Waals surface area contributed by atoms with Gasteiger partial charge in [-0.1, -0.05) is 18.2 Å². The molecule has 0 saturated carbocycles. The number of rotatable bonds is 7. The van der Waals surface area contributed by atoms with Crippen LogP contribution in [-0.2, 0) is 16.1 Å². The average Bonchev–Trinajstić information content (AvgIpc) is 2.62. The fourth-order valence-corrected chi connectivity index (χ4v) is 2.37. The molecule has 2 amide bonds. The van der Waals surface area contributed by atoms with Crippen molar-refractivity contribution in [1.82, 2.24) is 4.90 Å². The standard InChI is InChI=1S/C19H22N2O4/c1-14(22)21(12-15-6-4-5-7-18(15)25-3)13-19(23)20-16-8-10-17(24-2)11-9-16/h4-11H,12-13H2,1-3H3,(H,20,23). The maximum absolute atomic E-state index is 12.3. The normalized spacial score (nSPS) is 10.0. The molecule has 0 saturated heterocycles. The van der Waals surface area contributed by atoms with Gasteiger partial charge >= 0.3 is 0 Å². The Bertz CT molecular complexity index is 728. The number of para-hydroxylation sites is 1. The summed E-state index contributed by atoms with van der Waals surface area (Å²) in [6, 6.07) is 14.4. The van der Waals surface area contributed by atoms with Gasteiger partial charge in [0.05, 0.1) is 14.2 Å². The van der Waals surface area contributed by atoms with E-state index >= 15 is 0 Å². The summed E-state index contributed by atoms with van der Waals surface area (Å²) in [6.45, 7) is 1.70. The van der Waals surface area contributed by atoms with E-state index in [0.717, 1.165) is 5.56 Å². The predicted octanol–water partition coefficient (Wildman–Crippen LogP) is 2.69. The lowest BCUT2D eigenvalue weighted by molar-refractivity contribution is -0.133. The summed E-state index contributed by atoms with van der Waals surface area (Å²) >= 11 is 0. The molecule has 0 atom stereocenters. The quantitative estimate of drug-likeness (QED) is 0.840. The topological polar surface area (TPSA) is 67.9 Å². The summed E-state index contributed by atoms with van der Waals surface area (Å²) < 4.78 is 10.4. The van der Waals surface area contributed by atoms with E-state index in [2.05, 4.69) is 5.32 Å². The van der Waals surface area contributed by atoms with E-state index in [1.807, 2.05) is 24.3 Å². The van der Waals surface area contributed by atoms with Gasteiger partial charge in [-0.15, -0.1) is 0 Å². The largest absolute Gasteiger partial charge is 0.497 e. The summed E-state index contributed by atoms with van der Waals surface area (Å²) in [7, 11) is 3.16. The van der Waals surface area contributed by atoms with Crippen LogP contribution in [-0.4, -0.2) is 37.5 Å². The minimum absolute atomic E-state index is 0.0423. The van der Waals surface area contributed by atoms with Crippen LogP contribution in [0.4, 0.5) is 5.69 Å². The van der Waals surface area contributed by atoms with Gasteiger partial charge in [0, 0.05) is 24.7 Å². The van der Waals surface area contributed by atoms with Crippen molar-refractivity contribution in [3.63, 3.8) is 0 Å². The molecule has 0 fully saturated rings. The molecule has 0 aliphatic heterocycles. The number of amides is 2. The SMILES string of the molecule is COc1ccc(NC(=O)CN(Cc2ccccc2OC)C(C)=O)cc1. The first-order chi connectivity index (χ1) is 12.0. The number of methoxy groups -OCH3 is 2. The summed E-state index contributed by atoms with van der Waals surface area (Å²) in [6.07, 6.45) is 0. The molecule has 0 heterocycles. The summed E-state index contributed by atoms with van der Waals surface area (Å²) in [5.41, 5.74) is 1.49. The van der Waals surface area contributed by atoms with Gasteiger partial charge < -0.3 is 19.7 Å². The van der Waals surface area contributed by atoms with Crippen LogP contribution in [0.1, 0.15) is 12.5 Å². The second-order valence-corrected chi connectivity index (χ2v) is 5.46. The van der Waals surface area contributed by atoms with E-state index in [1.54, 1.807) is 38.5 Å². The molecule has 0 aromatic heterocycles. The lowest BCUT2D eigenvalue weighted by Gasteiger charge is -2.21. The van der Waals surface area contributed by atoms with E-state index in [9.17, 15) is 9.59 Å². The molecule has 0 aliphatic rings. The van der Waals surface area contributed by atoms with Crippen molar-refractivity contribution < 1.29 is 19.1 Å². The van der Waals surface area contributed by atoms with Crippen molar-refractivity contribution in [3.8, 4) is 11.5 Å². The zero-order chi connectivity index (χ0) is 18.2. The van der Waals surface area contributed by atoms with Crippen LogP contribution in [0.25, 0.3) is 0 Å². The van der Waals surface area contributed by atoms with Gasteiger partial charge in [0.1, 0.15) is 18.0 Å². The lowest BCUT2D eigenvalue weighted by Crippen LogP contribution is -2.36. The number of anilines is 1. The van der Waals surface area contributed by atoms with E-state index in [4.69, 9.17) is 9.47 Å². The summed E-state index contributed by atoms with van der Waals surface area (Å²) in [4.78, 5) is 25.6. The van der Waals surface area contributed by atoms with E-state index in [-0.39, 0.29) is 18.4 Å². The maximum Gasteiger partial charge on any atom is 0.244 e. The number of hydrogen-bond acceptors (Lipinski definition) is 4. The maximum atomic E-state index is 12.3. The fraction of sp³-hybridized carbons (Fsp3) is 0.263. The third kappa shape index (κ3) is 5.24. The average molecular weight is 342 g/mol. The van der Waals surface area contributed by atoms with Gasteiger partial charge in [0.2, 0.25) is 11.8 Å². The Morgan fingerprint density at radius 2 is 1.68 bits per heavy atom. The monoisotopic (exact) mass is 342 g/mol. The Labute approximate surface area is 147 Å². The molecule has 0 aliphatic carbocycles. The predicted molar refractivity (Wildman–Crippen MR) is 95.7 cm³/mol. The molecule has 132 valence electrons. The second kappa shape index (κ2) is 8.73. The lowest BCUT2D eigenvalue weighted by atomic mass is 10.2. The van der Waals surface area contributed by atoms with Crippen LogP contribution in [0, 0.1) is 0 Å². The van der Waals surface area contributed by atoms with Crippen LogP contribution in [0.2, 0.25) is 0 Å². The second-order valence-electron chi connectivity index (χ2n) is 5.46. The Balaban J connectivity index is 2.02. The van der Waals surface area contributed by atoms with Crippen molar-refractivity contribution in [1.29, 1.82) is 0 Å². The van der Waals surface area contributed by atoms with Gasteiger partial charge in [-0.2, -0.15) is 0 Å². The Hall–Kier alpha value is -3.02. The number of nitrogens with zero attached hydrogens (tertiary/aromatic N) is 1. The molecule has 6 heteroatoms. The van der Waals surface area contributed by atoms with E-state index < -0.39 is 0 Å². The Morgan fingerprint density at radius 3 is 2.28 bits per heavy atom.